The lowest BCUT2D eigenvalue weighted by Gasteiger charge is -2.23. The molecule has 0 N–H and O–H groups in total. The molecule has 2 heterocycles. The zero-order valence-corrected chi connectivity index (χ0v) is 7.35. The van der Waals surface area contributed by atoms with Crippen LogP contribution in [0.4, 0.5) is 0 Å². The van der Waals surface area contributed by atoms with Crippen LogP contribution in [0.5, 0.6) is 0 Å². The maximum Gasteiger partial charge on any atom is 0.0419 e. The minimum absolute atomic E-state index is 0.604. The van der Waals surface area contributed by atoms with Gasteiger partial charge in [-0.1, -0.05) is 24.3 Å². The highest BCUT2D eigenvalue weighted by molar-refractivity contribution is 5.43. The molecule has 0 fully saturated rings. The molecule has 2 aliphatic heterocycles. The van der Waals surface area contributed by atoms with Crippen LogP contribution in [-0.4, -0.2) is 4.90 Å². The van der Waals surface area contributed by atoms with Gasteiger partial charge in [-0.25, -0.2) is 0 Å². The Bertz CT molecular complexity index is 380. The summed E-state index contributed by atoms with van der Waals surface area (Å²) in [6, 6.07) is 0. The number of hydrogen-bond donors (Lipinski definition) is 0. The molecule has 0 spiro atoms. The van der Waals surface area contributed by atoms with E-state index in [0.717, 1.165) is 6.42 Å². The molecule has 1 atom stereocenters. The van der Waals surface area contributed by atoms with Gasteiger partial charge in [0, 0.05) is 23.5 Å². The smallest absolute Gasteiger partial charge is 0.0419 e. The number of rotatable bonds is 0. The standard InChI is InChI=1S/C12H11N/c1-2-7-12-10(5-1)9-11-6-3-4-8-13(11)12/h1-4,6-10H,5H2. The second kappa shape index (κ2) is 2.49. The fourth-order valence-electron chi connectivity index (χ4n) is 2.08. The molecule has 1 unspecified atom stereocenters. The number of allylic oxidation sites excluding steroid dienone is 7. The Morgan fingerprint density at radius 3 is 3.23 bits per heavy atom. The van der Waals surface area contributed by atoms with E-state index in [2.05, 4.69) is 53.6 Å². The van der Waals surface area contributed by atoms with Crippen molar-refractivity contribution in [2.75, 3.05) is 0 Å². The van der Waals surface area contributed by atoms with Gasteiger partial charge in [-0.2, -0.15) is 0 Å². The summed E-state index contributed by atoms with van der Waals surface area (Å²) in [5, 5.41) is 0. The molecule has 1 heteroatoms. The third-order valence-electron chi connectivity index (χ3n) is 2.71. The third kappa shape index (κ3) is 0.934. The van der Waals surface area contributed by atoms with E-state index in [1.165, 1.54) is 11.4 Å². The molecule has 3 rings (SSSR count). The molecule has 0 bridgehead atoms. The average molecular weight is 169 g/mol. The Balaban J connectivity index is 2.07. The molecule has 0 amide bonds. The molecule has 3 aliphatic rings. The molecule has 0 aromatic carbocycles. The predicted octanol–water partition coefficient (Wildman–Crippen LogP) is 2.73. The summed E-state index contributed by atoms with van der Waals surface area (Å²) in [6.07, 6.45) is 18.6. The Kier molecular flexibility index (Phi) is 1.33. The monoisotopic (exact) mass is 169 g/mol. The molecular weight excluding hydrogens is 158 g/mol. The first kappa shape index (κ1) is 6.96. The fraction of sp³-hybridized carbons (Fsp3) is 0.167. The van der Waals surface area contributed by atoms with Crippen molar-refractivity contribution in [1.29, 1.82) is 0 Å². The third-order valence-corrected chi connectivity index (χ3v) is 2.71. The van der Waals surface area contributed by atoms with Crippen LogP contribution < -0.4 is 0 Å². The maximum absolute atomic E-state index is 2.34. The summed E-state index contributed by atoms with van der Waals surface area (Å²) in [5.74, 6) is 0.604. The number of hydrogen-bond acceptors (Lipinski definition) is 1. The van der Waals surface area contributed by atoms with Crippen LogP contribution in [0.25, 0.3) is 0 Å². The summed E-state index contributed by atoms with van der Waals surface area (Å²) in [6.45, 7) is 0. The van der Waals surface area contributed by atoms with Gasteiger partial charge in [0.2, 0.25) is 0 Å². The largest absolute Gasteiger partial charge is 0.321 e. The quantitative estimate of drug-likeness (QED) is 0.539. The van der Waals surface area contributed by atoms with E-state index in [1.54, 1.807) is 0 Å². The molecule has 0 radical (unpaired) electrons. The minimum Gasteiger partial charge on any atom is -0.321 e. The van der Waals surface area contributed by atoms with Crippen molar-refractivity contribution in [1.82, 2.24) is 4.90 Å². The highest BCUT2D eigenvalue weighted by Crippen LogP contribution is 2.37. The Morgan fingerprint density at radius 2 is 2.23 bits per heavy atom. The van der Waals surface area contributed by atoms with Crippen molar-refractivity contribution in [2.45, 2.75) is 6.42 Å². The van der Waals surface area contributed by atoms with Crippen LogP contribution in [0.3, 0.4) is 0 Å². The van der Waals surface area contributed by atoms with Crippen molar-refractivity contribution < 1.29 is 0 Å². The minimum atomic E-state index is 0.604. The van der Waals surface area contributed by atoms with E-state index in [4.69, 9.17) is 0 Å². The fourth-order valence-corrected chi connectivity index (χ4v) is 2.08. The van der Waals surface area contributed by atoms with Crippen molar-refractivity contribution in [2.24, 2.45) is 5.92 Å². The summed E-state index contributed by atoms with van der Waals surface area (Å²) < 4.78 is 0. The van der Waals surface area contributed by atoms with Gasteiger partial charge in [0.25, 0.3) is 0 Å². The first-order chi connectivity index (χ1) is 6.45. The molecule has 64 valence electrons. The van der Waals surface area contributed by atoms with Crippen molar-refractivity contribution in [3.8, 4) is 0 Å². The molecule has 0 aromatic rings. The van der Waals surface area contributed by atoms with Crippen LogP contribution in [0.1, 0.15) is 6.42 Å². The Labute approximate surface area is 78.0 Å². The van der Waals surface area contributed by atoms with Gasteiger partial charge < -0.3 is 4.90 Å². The van der Waals surface area contributed by atoms with E-state index in [9.17, 15) is 0 Å². The van der Waals surface area contributed by atoms with Crippen molar-refractivity contribution >= 4 is 0 Å². The van der Waals surface area contributed by atoms with Crippen molar-refractivity contribution in [3.63, 3.8) is 0 Å². The van der Waals surface area contributed by atoms with Crippen LogP contribution in [0.15, 0.2) is 60.1 Å². The van der Waals surface area contributed by atoms with E-state index in [0.29, 0.717) is 5.92 Å². The van der Waals surface area contributed by atoms with Gasteiger partial charge in [0.1, 0.15) is 0 Å². The highest BCUT2D eigenvalue weighted by atomic mass is 15.2. The summed E-state index contributed by atoms with van der Waals surface area (Å²) >= 11 is 0. The van der Waals surface area contributed by atoms with E-state index in [1.807, 2.05) is 0 Å². The van der Waals surface area contributed by atoms with Crippen LogP contribution in [-0.2, 0) is 0 Å². The van der Waals surface area contributed by atoms with E-state index in [-0.39, 0.29) is 0 Å². The average Bonchev–Trinajstić information content (AvgIpc) is 2.56. The first-order valence-corrected chi connectivity index (χ1v) is 4.68. The SMILES string of the molecule is C1=CCC2C=C3C=CC=CN3C2=C1. The topological polar surface area (TPSA) is 3.24 Å². The Morgan fingerprint density at radius 1 is 1.23 bits per heavy atom. The Hall–Kier alpha value is -1.50. The zero-order valence-electron chi connectivity index (χ0n) is 7.35. The van der Waals surface area contributed by atoms with Crippen LogP contribution in [0.2, 0.25) is 0 Å². The molecular formula is C12H11N. The summed E-state index contributed by atoms with van der Waals surface area (Å²) in [7, 11) is 0. The van der Waals surface area contributed by atoms with Gasteiger partial charge in [0.15, 0.2) is 0 Å². The number of fused-ring (bicyclic) bond motifs is 3. The zero-order chi connectivity index (χ0) is 8.67. The molecule has 1 aliphatic carbocycles. The van der Waals surface area contributed by atoms with Gasteiger partial charge in [-0.3, -0.25) is 0 Å². The van der Waals surface area contributed by atoms with Crippen molar-refractivity contribution in [3.05, 3.63) is 60.1 Å². The molecule has 13 heavy (non-hydrogen) atoms. The molecule has 0 saturated carbocycles. The second-order valence-corrected chi connectivity index (χ2v) is 3.52. The molecule has 1 nitrogen and oxygen atoms in total. The normalized spacial score (nSPS) is 28.3. The highest BCUT2D eigenvalue weighted by Gasteiger charge is 2.26. The lowest BCUT2D eigenvalue weighted by Crippen LogP contribution is -2.14. The molecule has 0 saturated heterocycles. The van der Waals surface area contributed by atoms with Gasteiger partial charge in [0.05, 0.1) is 0 Å². The number of nitrogens with zero attached hydrogens (tertiary/aromatic N) is 1. The summed E-state index contributed by atoms with van der Waals surface area (Å²) in [4.78, 5) is 2.27. The lowest BCUT2D eigenvalue weighted by atomic mass is 9.99. The summed E-state index contributed by atoms with van der Waals surface area (Å²) in [5.41, 5.74) is 2.74. The van der Waals surface area contributed by atoms with Crippen LogP contribution in [0, 0.1) is 5.92 Å². The van der Waals surface area contributed by atoms with E-state index >= 15 is 0 Å². The van der Waals surface area contributed by atoms with Gasteiger partial charge in [-0.15, -0.1) is 0 Å². The first-order valence-electron chi connectivity index (χ1n) is 4.68. The van der Waals surface area contributed by atoms with Gasteiger partial charge >= 0.3 is 0 Å². The predicted molar refractivity (Wildman–Crippen MR) is 53.5 cm³/mol. The maximum atomic E-state index is 2.34. The lowest BCUT2D eigenvalue weighted by molar-refractivity contribution is 0.557. The second-order valence-electron chi connectivity index (χ2n) is 3.52. The van der Waals surface area contributed by atoms with Crippen LogP contribution >= 0.6 is 0 Å². The van der Waals surface area contributed by atoms with E-state index < -0.39 is 0 Å². The molecule has 0 aromatic heterocycles. The van der Waals surface area contributed by atoms with Gasteiger partial charge in [-0.05, 0) is 24.6 Å².